The van der Waals surface area contributed by atoms with E-state index in [1.807, 2.05) is 42.5 Å². The van der Waals surface area contributed by atoms with Crippen molar-refractivity contribution in [3.05, 3.63) is 54.6 Å². The summed E-state index contributed by atoms with van der Waals surface area (Å²) in [7, 11) is 0. The predicted octanol–water partition coefficient (Wildman–Crippen LogP) is 5.11. The van der Waals surface area contributed by atoms with E-state index in [9.17, 15) is 4.79 Å². The third-order valence-electron chi connectivity index (χ3n) is 3.71. The summed E-state index contributed by atoms with van der Waals surface area (Å²) in [4.78, 5) is 12.3. The van der Waals surface area contributed by atoms with Crippen molar-refractivity contribution in [2.75, 3.05) is 11.1 Å². The van der Waals surface area contributed by atoms with E-state index in [4.69, 9.17) is 4.74 Å². The van der Waals surface area contributed by atoms with Crippen LogP contribution in [0.4, 0.5) is 5.13 Å². The minimum Gasteiger partial charge on any atom is -0.481 e. The summed E-state index contributed by atoms with van der Waals surface area (Å²) < 4.78 is 6.61. The van der Waals surface area contributed by atoms with E-state index in [-0.39, 0.29) is 5.91 Å². The van der Waals surface area contributed by atoms with Crippen molar-refractivity contribution in [1.82, 2.24) is 10.2 Å². The molecule has 27 heavy (non-hydrogen) atoms. The molecule has 1 atom stereocenters. The molecule has 0 fully saturated rings. The SMILES string of the molecule is CCCSc1nnc(NC(=O)C(C)Oc2ccc(-c3ccccc3)cc2)s1. The molecule has 3 aromatic rings. The molecular weight excluding hydrogens is 378 g/mol. The molecule has 0 aliphatic rings. The molecule has 1 aromatic heterocycles. The number of carbonyl (C=O) groups is 1. The second kappa shape index (κ2) is 9.53. The summed E-state index contributed by atoms with van der Waals surface area (Å²) in [5, 5.41) is 11.3. The molecule has 0 saturated heterocycles. The van der Waals surface area contributed by atoms with E-state index >= 15 is 0 Å². The number of benzene rings is 2. The number of nitrogens with zero attached hydrogens (tertiary/aromatic N) is 2. The Morgan fingerprint density at radius 3 is 2.52 bits per heavy atom. The Hall–Kier alpha value is -2.38. The van der Waals surface area contributed by atoms with Gasteiger partial charge in [0.05, 0.1) is 0 Å². The summed E-state index contributed by atoms with van der Waals surface area (Å²) in [6.45, 7) is 3.83. The first-order valence-electron chi connectivity index (χ1n) is 8.75. The van der Waals surface area contributed by atoms with Crippen molar-refractivity contribution in [3.8, 4) is 16.9 Å². The fourth-order valence-electron chi connectivity index (χ4n) is 2.33. The number of hydrogen-bond acceptors (Lipinski definition) is 6. The third-order valence-corrected chi connectivity index (χ3v) is 5.89. The first-order valence-corrected chi connectivity index (χ1v) is 10.5. The highest BCUT2D eigenvalue weighted by Crippen LogP contribution is 2.26. The minimum absolute atomic E-state index is 0.245. The molecule has 1 amide bonds. The Morgan fingerprint density at radius 2 is 1.81 bits per heavy atom. The molecule has 1 unspecified atom stereocenters. The first-order chi connectivity index (χ1) is 13.2. The maximum atomic E-state index is 12.3. The van der Waals surface area contributed by atoms with Crippen LogP contribution in [0.2, 0.25) is 0 Å². The zero-order chi connectivity index (χ0) is 19.1. The van der Waals surface area contributed by atoms with Crippen LogP contribution in [0.5, 0.6) is 5.75 Å². The van der Waals surface area contributed by atoms with Crippen LogP contribution in [0.25, 0.3) is 11.1 Å². The molecule has 5 nitrogen and oxygen atoms in total. The van der Waals surface area contributed by atoms with Gasteiger partial charge in [-0.15, -0.1) is 10.2 Å². The van der Waals surface area contributed by atoms with Crippen molar-refractivity contribution < 1.29 is 9.53 Å². The molecule has 2 aromatic carbocycles. The number of thioether (sulfide) groups is 1. The topological polar surface area (TPSA) is 64.1 Å². The number of hydrogen-bond donors (Lipinski definition) is 1. The number of aromatic nitrogens is 2. The highest BCUT2D eigenvalue weighted by atomic mass is 32.2. The summed E-state index contributed by atoms with van der Waals surface area (Å²) in [6, 6.07) is 17.8. The normalized spacial score (nSPS) is 11.8. The van der Waals surface area contributed by atoms with Gasteiger partial charge in [-0.2, -0.15) is 0 Å². The quantitative estimate of drug-likeness (QED) is 0.421. The molecule has 0 saturated carbocycles. The van der Waals surface area contributed by atoms with Crippen LogP contribution in [0, 0.1) is 0 Å². The maximum Gasteiger partial charge on any atom is 0.266 e. The fourth-order valence-corrected chi connectivity index (χ4v) is 4.01. The van der Waals surface area contributed by atoms with Crippen LogP contribution >= 0.6 is 23.1 Å². The number of nitrogens with one attached hydrogen (secondary N) is 1. The Balaban J connectivity index is 1.55. The van der Waals surface area contributed by atoms with Gasteiger partial charge >= 0.3 is 0 Å². The number of rotatable bonds is 8. The van der Waals surface area contributed by atoms with E-state index in [1.54, 1.807) is 18.7 Å². The van der Waals surface area contributed by atoms with Crippen molar-refractivity contribution in [3.63, 3.8) is 0 Å². The van der Waals surface area contributed by atoms with Gasteiger partial charge in [-0.05, 0) is 36.6 Å². The maximum absolute atomic E-state index is 12.3. The first kappa shape index (κ1) is 19.4. The molecular formula is C20H21N3O2S2. The van der Waals surface area contributed by atoms with Crippen LogP contribution in [0.15, 0.2) is 58.9 Å². The van der Waals surface area contributed by atoms with Gasteiger partial charge in [-0.25, -0.2) is 0 Å². The van der Waals surface area contributed by atoms with E-state index in [2.05, 4.69) is 34.6 Å². The van der Waals surface area contributed by atoms with Gasteiger partial charge in [0.1, 0.15) is 5.75 Å². The highest BCUT2D eigenvalue weighted by Gasteiger charge is 2.17. The standard InChI is InChI=1S/C20H21N3O2S2/c1-3-13-26-20-23-22-19(27-20)21-18(24)14(2)25-17-11-9-16(10-12-17)15-7-5-4-6-8-15/h4-12,14H,3,13H2,1-2H3,(H,21,22,24). The van der Waals surface area contributed by atoms with Crippen LogP contribution in [-0.4, -0.2) is 28.0 Å². The molecule has 0 aliphatic heterocycles. The van der Waals surface area contributed by atoms with Crippen molar-refractivity contribution >= 4 is 34.1 Å². The predicted molar refractivity (Wildman–Crippen MR) is 112 cm³/mol. The van der Waals surface area contributed by atoms with Gasteiger partial charge in [-0.3, -0.25) is 10.1 Å². The smallest absolute Gasteiger partial charge is 0.266 e. The molecule has 0 radical (unpaired) electrons. The Kier molecular flexibility index (Phi) is 6.84. The van der Waals surface area contributed by atoms with E-state index in [1.165, 1.54) is 11.3 Å². The summed E-state index contributed by atoms with van der Waals surface area (Å²) >= 11 is 3.02. The van der Waals surface area contributed by atoms with Gasteiger partial charge < -0.3 is 4.74 Å². The monoisotopic (exact) mass is 399 g/mol. The van der Waals surface area contributed by atoms with Crippen molar-refractivity contribution in [2.24, 2.45) is 0 Å². The molecule has 1 heterocycles. The molecule has 0 bridgehead atoms. The van der Waals surface area contributed by atoms with Crippen LogP contribution in [0.3, 0.4) is 0 Å². The zero-order valence-electron chi connectivity index (χ0n) is 15.2. The lowest BCUT2D eigenvalue weighted by atomic mass is 10.1. The minimum atomic E-state index is -0.636. The van der Waals surface area contributed by atoms with E-state index in [0.29, 0.717) is 10.9 Å². The second-order valence-corrected chi connectivity index (χ2v) is 8.18. The largest absolute Gasteiger partial charge is 0.481 e. The van der Waals surface area contributed by atoms with E-state index in [0.717, 1.165) is 27.6 Å². The van der Waals surface area contributed by atoms with Crippen LogP contribution in [0.1, 0.15) is 20.3 Å². The zero-order valence-corrected chi connectivity index (χ0v) is 16.8. The number of carbonyl (C=O) groups excluding carboxylic acids is 1. The Morgan fingerprint density at radius 1 is 1.11 bits per heavy atom. The molecule has 3 rings (SSSR count). The highest BCUT2D eigenvalue weighted by molar-refractivity contribution is 8.01. The molecule has 0 spiro atoms. The van der Waals surface area contributed by atoms with Gasteiger partial charge in [0.25, 0.3) is 5.91 Å². The van der Waals surface area contributed by atoms with Gasteiger partial charge in [0, 0.05) is 5.75 Å². The molecule has 1 N–H and O–H groups in total. The lowest BCUT2D eigenvalue weighted by Gasteiger charge is -2.14. The van der Waals surface area contributed by atoms with E-state index < -0.39 is 6.10 Å². The van der Waals surface area contributed by atoms with Gasteiger partial charge in [0.15, 0.2) is 10.4 Å². The second-order valence-electron chi connectivity index (χ2n) is 5.86. The fraction of sp³-hybridized carbons (Fsp3) is 0.250. The molecule has 7 heteroatoms. The molecule has 0 aliphatic carbocycles. The third kappa shape index (κ3) is 5.55. The van der Waals surface area contributed by atoms with Gasteiger partial charge in [-0.1, -0.05) is 72.5 Å². The lowest BCUT2D eigenvalue weighted by molar-refractivity contribution is -0.122. The number of ether oxygens (including phenoxy) is 1. The van der Waals surface area contributed by atoms with Crippen molar-refractivity contribution in [1.29, 1.82) is 0 Å². The van der Waals surface area contributed by atoms with Crippen molar-refractivity contribution in [2.45, 2.75) is 30.7 Å². The molecule has 140 valence electrons. The summed E-state index contributed by atoms with van der Waals surface area (Å²) in [5.74, 6) is 1.39. The van der Waals surface area contributed by atoms with Crippen LogP contribution in [-0.2, 0) is 4.79 Å². The Bertz CT molecular complexity index is 866. The number of amides is 1. The van der Waals surface area contributed by atoms with Gasteiger partial charge in [0.2, 0.25) is 5.13 Å². The Labute approximate surface area is 167 Å². The summed E-state index contributed by atoms with van der Waals surface area (Å²) in [5.41, 5.74) is 2.24. The average molecular weight is 400 g/mol. The average Bonchev–Trinajstić information content (AvgIpc) is 3.15. The number of anilines is 1. The summed E-state index contributed by atoms with van der Waals surface area (Å²) in [6.07, 6.45) is 0.433. The van der Waals surface area contributed by atoms with Crippen LogP contribution < -0.4 is 10.1 Å². The lowest BCUT2D eigenvalue weighted by Crippen LogP contribution is -2.30.